The summed E-state index contributed by atoms with van der Waals surface area (Å²) in [5.74, 6) is 1.79. The average molecular weight is 438 g/mol. The first kappa shape index (κ1) is 19.7. The fourth-order valence-electron chi connectivity index (χ4n) is 4.30. The van der Waals surface area contributed by atoms with Crippen molar-refractivity contribution in [2.24, 2.45) is 7.05 Å². The maximum absolute atomic E-state index is 13.6. The van der Waals surface area contributed by atoms with Crippen LogP contribution < -0.4 is 15.1 Å². The van der Waals surface area contributed by atoms with Gasteiger partial charge in [-0.3, -0.25) is 9.36 Å². The Morgan fingerprint density at radius 2 is 2.23 bits per heavy atom. The van der Waals surface area contributed by atoms with E-state index in [4.69, 9.17) is 16.7 Å². The summed E-state index contributed by atoms with van der Waals surface area (Å²) in [6.07, 6.45) is 3.73. The molecule has 1 fully saturated rings. The third kappa shape index (κ3) is 3.36. The highest BCUT2D eigenvalue weighted by molar-refractivity contribution is 7.71. The Labute approximate surface area is 184 Å². The lowest BCUT2D eigenvalue weighted by Crippen LogP contribution is -2.39. The number of carbonyl (C=O) groups excluding carboxylic acids is 1. The molecule has 0 bridgehead atoms. The van der Waals surface area contributed by atoms with Gasteiger partial charge in [-0.15, -0.1) is 0 Å². The molecule has 3 aromatic rings. The van der Waals surface area contributed by atoms with E-state index < -0.39 is 0 Å². The van der Waals surface area contributed by atoms with Gasteiger partial charge in [0.05, 0.1) is 0 Å². The van der Waals surface area contributed by atoms with Crippen molar-refractivity contribution >= 4 is 35.6 Å². The van der Waals surface area contributed by atoms with Gasteiger partial charge in [0.2, 0.25) is 5.95 Å². The second-order valence-corrected chi connectivity index (χ2v) is 8.10. The summed E-state index contributed by atoms with van der Waals surface area (Å²) in [6, 6.07) is 7.94. The van der Waals surface area contributed by atoms with Crippen LogP contribution in [0.25, 0.3) is 11.4 Å². The molecule has 1 amide bonds. The van der Waals surface area contributed by atoms with E-state index in [2.05, 4.69) is 25.3 Å². The van der Waals surface area contributed by atoms with E-state index in [1.165, 1.54) is 0 Å². The molecular formula is C21H23N7O2S. The molecule has 1 N–H and O–H groups in total. The fourth-order valence-corrected chi connectivity index (χ4v) is 4.43. The molecule has 160 valence electrons. The number of hydrogen-bond donors (Lipinski definition) is 1. The molecule has 1 unspecified atom stereocenters. The summed E-state index contributed by atoms with van der Waals surface area (Å²) >= 11 is 5.14. The second-order valence-electron chi connectivity index (χ2n) is 7.75. The molecule has 0 radical (unpaired) electrons. The van der Waals surface area contributed by atoms with Gasteiger partial charge in [-0.05, 0) is 44.1 Å². The van der Waals surface area contributed by atoms with Gasteiger partial charge >= 0.3 is 0 Å². The van der Waals surface area contributed by atoms with Crippen LogP contribution >= 0.6 is 12.2 Å². The van der Waals surface area contributed by atoms with Crippen LogP contribution in [0.2, 0.25) is 0 Å². The molecule has 0 aliphatic carbocycles. The summed E-state index contributed by atoms with van der Waals surface area (Å²) in [5.41, 5.74) is 2.15. The zero-order valence-electron chi connectivity index (χ0n) is 17.4. The highest BCUT2D eigenvalue weighted by atomic mass is 32.1. The third-order valence-corrected chi connectivity index (χ3v) is 6.19. The summed E-state index contributed by atoms with van der Waals surface area (Å²) < 4.78 is 6.84. The van der Waals surface area contributed by atoms with Crippen molar-refractivity contribution in [3.63, 3.8) is 0 Å². The zero-order chi connectivity index (χ0) is 21.5. The standard InChI is InChI=1S/C21H23N7O2S/c1-3-22-20-23-11-16-18(24-20)27-9-5-8-15(27)12-28(19(16)29)14-7-4-6-13(10-14)17-25-30-21(31)26(17)2/h4,6-7,10-11,15H,3,5,8-9,12H2,1-2H3,(H,22,23,24). The first-order valence-corrected chi connectivity index (χ1v) is 10.8. The Morgan fingerprint density at radius 1 is 1.35 bits per heavy atom. The van der Waals surface area contributed by atoms with Crippen LogP contribution in [0.5, 0.6) is 0 Å². The van der Waals surface area contributed by atoms with Gasteiger partial charge < -0.3 is 19.6 Å². The van der Waals surface area contributed by atoms with Gasteiger partial charge in [-0.1, -0.05) is 17.3 Å². The Bertz CT molecular complexity index is 1200. The van der Waals surface area contributed by atoms with Crippen LogP contribution in [-0.2, 0) is 7.05 Å². The summed E-state index contributed by atoms with van der Waals surface area (Å²) in [7, 11) is 1.81. The molecule has 0 spiro atoms. The number of amides is 1. The topological polar surface area (TPSA) is 92.3 Å². The van der Waals surface area contributed by atoms with E-state index in [9.17, 15) is 4.79 Å². The largest absolute Gasteiger partial charge is 0.354 e. The van der Waals surface area contributed by atoms with Crippen molar-refractivity contribution in [2.45, 2.75) is 25.8 Å². The van der Waals surface area contributed by atoms with Gasteiger partial charge in [0, 0.05) is 50.2 Å². The van der Waals surface area contributed by atoms with Gasteiger partial charge in [0.25, 0.3) is 10.7 Å². The highest BCUT2D eigenvalue weighted by Gasteiger charge is 2.37. The predicted molar refractivity (Wildman–Crippen MR) is 120 cm³/mol. The fraction of sp³-hybridized carbons (Fsp3) is 0.381. The van der Waals surface area contributed by atoms with Crippen LogP contribution in [0.4, 0.5) is 17.5 Å². The number of benzene rings is 1. The number of nitrogens with zero attached hydrogens (tertiary/aromatic N) is 6. The summed E-state index contributed by atoms with van der Waals surface area (Å²) in [6.45, 7) is 4.20. The number of hydrogen-bond acceptors (Lipinski definition) is 8. The SMILES string of the molecule is CCNc1ncc2c(n1)N1CCCC1CN(c1cccc(-c3noc(=S)n3C)c1)C2=O. The molecule has 31 heavy (non-hydrogen) atoms. The van der Waals surface area contributed by atoms with Gasteiger partial charge in [0.1, 0.15) is 11.4 Å². The smallest absolute Gasteiger partial charge is 0.297 e. The maximum atomic E-state index is 13.6. The van der Waals surface area contributed by atoms with Gasteiger partial charge in [0.15, 0.2) is 5.82 Å². The van der Waals surface area contributed by atoms with Crippen molar-refractivity contribution in [3.05, 3.63) is 40.9 Å². The minimum Gasteiger partial charge on any atom is -0.354 e. The summed E-state index contributed by atoms with van der Waals surface area (Å²) in [4.78, 5) is 27.0. The number of aromatic nitrogens is 4. The van der Waals surface area contributed by atoms with E-state index in [0.717, 1.165) is 43.0 Å². The lowest BCUT2D eigenvalue weighted by Gasteiger charge is -2.27. The van der Waals surface area contributed by atoms with Crippen LogP contribution in [0, 0.1) is 4.84 Å². The highest BCUT2D eigenvalue weighted by Crippen LogP contribution is 2.35. The molecular weight excluding hydrogens is 414 g/mol. The third-order valence-electron chi connectivity index (χ3n) is 5.84. The molecule has 1 aromatic carbocycles. The monoisotopic (exact) mass is 437 g/mol. The molecule has 9 nitrogen and oxygen atoms in total. The maximum Gasteiger partial charge on any atom is 0.297 e. The minimum atomic E-state index is -0.0990. The average Bonchev–Trinajstić information content (AvgIpc) is 3.35. The molecule has 0 saturated carbocycles. The van der Waals surface area contributed by atoms with Crippen molar-refractivity contribution in [3.8, 4) is 11.4 Å². The quantitative estimate of drug-likeness (QED) is 0.622. The normalized spacial score (nSPS) is 18.0. The summed E-state index contributed by atoms with van der Waals surface area (Å²) in [5, 5.41) is 7.22. The van der Waals surface area contributed by atoms with Crippen LogP contribution in [0.1, 0.15) is 30.1 Å². The van der Waals surface area contributed by atoms with E-state index in [1.807, 2.05) is 43.1 Å². The number of fused-ring (bicyclic) bond motifs is 3. The lowest BCUT2D eigenvalue weighted by atomic mass is 10.1. The number of carbonyl (C=O) groups is 1. The molecule has 5 rings (SSSR count). The zero-order valence-corrected chi connectivity index (χ0v) is 18.2. The van der Waals surface area contributed by atoms with E-state index in [1.54, 1.807) is 10.8 Å². The Hall–Kier alpha value is -3.27. The number of anilines is 3. The molecule has 1 saturated heterocycles. The lowest BCUT2D eigenvalue weighted by molar-refractivity contribution is 0.0988. The Balaban J connectivity index is 1.58. The molecule has 4 heterocycles. The predicted octanol–water partition coefficient (Wildman–Crippen LogP) is 3.26. The van der Waals surface area contributed by atoms with Gasteiger partial charge in [-0.25, -0.2) is 4.98 Å². The first-order chi connectivity index (χ1) is 15.1. The number of rotatable bonds is 4. The Kier molecular flexibility index (Phi) is 4.93. The molecule has 2 aliphatic heterocycles. The first-order valence-electron chi connectivity index (χ1n) is 10.4. The Morgan fingerprint density at radius 3 is 3.00 bits per heavy atom. The van der Waals surface area contributed by atoms with Crippen molar-refractivity contribution in [1.82, 2.24) is 19.7 Å². The molecule has 10 heteroatoms. The number of nitrogens with one attached hydrogen (secondary N) is 1. The van der Waals surface area contributed by atoms with E-state index in [0.29, 0.717) is 28.7 Å². The van der Waals surface area contributed by atoms with Crippen molar-refractivity contribution in [1.29, 1.82) is 0 Å². The van der Waals surface area contributed by atoms with E-state index in [-0.39, 0.29) is 11.9 Å². The second kappa shape index (κ2) is 7.77. The molecule has 2 aromatic heterocycles. The molecule has 2 aliphatic rings. The van der Waals surface area contributed by atoms with E-state index >= 15 is 0 Å². The minimum absolute atomic E-state index is 0.0990. The molecule has 1 atom stereocenters. The van der Waals surface area contributed by atoms with Crippen LogP contribution in [0.15, 0.2) is 35.0 Å². The van der Waals surface area contributed by atoms with Crippen LogP contribution in [0.3, 0.4) is 0 Å². The van der Waals surface area contributed by atoms with Crippen molar-refractivity contribution < 1.29 is 9.32 Å². The van der Waals surface area contributed by atoms with Gasteiger partial charge in [-0.2, -0.15) is 4.98 Å². The van der Waals surface area contributed by atoms with Crippen molar-refractivity contribution in [2.75, 3.05) is 34.8 Å². The van der Waals surface area contributed by atoms with Crippen LogP contribution in [-0.4, -0.2) is 51.3 Å².